The van der Waals surface area contributed by atoms with E-state index in [9.17, 15) is 4.79 Å². The highest BCUT2D eigenvalue weighted by Crippen LogP contribution is 2.33. The number of hydrogen-bond donors (Lipinski definition) is 1. The predicted octanol–water partition coefficient (Wildman–Crippen LogP) is 3.02. The molecule has 0 saturated heterocycles. The SMILES string of the molecule is COc1ccc(C)cc1NC(=O)CN1CCc2cc(OC)c(OC)cc2C1. The maximum Gasteiger partial charge on any atom is 0.238 e. The van der Waals surface area contributed by atoms with Crippen molar-refractivity contribution >= 4 is 11.6 Å². The van der Waals surface area contributed by atoms with Crippen molar-refractivity contribution < 1.29 is 19.0 Å². The van der Waals surface area contributed by atoms with Gasteiger partial charge in [0.05, 0.1) is 33.6 Å². The molecule has 3 rings (SSSR count). The molecule has 0 spiro atoms. The van der Waals surface area contributed by atoms with Crippen LogP contribution in [0.2, 0.25) is 0 Å². The molecule has 6 heteroatoms. The normalized spacial score (nSPS) is 13.6. The van der Waals surface area contributed by atoms with Crippen LogP contribution in [0.5, 0.6) is 17.2 Å². The van der Waals surface area contributed by atoms with Crippen LogP contribution in [0.25, 0.3) is 0 Å². The highest BCUT2D eigenvalue weighted by molar-refractivity contribution is 5.93. The first-order chi connectivity index (χ1) is 13.0. The molecule has 0 unspecified atom stereocenters. The van der Waals surface area contributed by atoms with Gasteiger partial charge in [-0.15, -0.1) is 0 Å². The van der Waals surface area contributed by atoms with Gasteiger partial charge in [0.2, 0.25) is 5.91 Å². The second-order valence-corrected chi connectivity index (χ2v) is 6.69. The highest BCUT2D eigenvalue weighted by atomic mass is 16.5. The molecule has 1 N–H and O–H groups in total. The molecule has 1 amide bonds. The van der Waals surface area contributed by atoms with Crippen molar-refractivity contribution in [2.24, 2.45) is 0 Å². The molecule has 0 fully saturated rings. The van der Waals surface area contributed by atoms with Gasteiger partial charge in [-0.2, -0.15) is 0 Å². The number of ether oxygens (including phenoxy) is 3. The van der Waals surface area contributed by atoms with Gasteiger partial charge in [0.15, 0.2) is 11.5 Å². The Morgan fingerprint density at radius 3 is 2.33 bits per heavy atom. The summed E-state index contributed by atoms with van der Waals surface area (Å²) in [4.78, 5) is 14.7. The average molecular weight is 370 g/mol. The molecule has 6 nitrogen and oxygen atoms in total. The van der Waals surface area contributed by atoms with Gasteiger partial charge in [0, 0.05) is 13.1 Å². The van der Waals surface area contributed by atoms with Crippen molar-refractivity contribution in [2.45, 2.75) is 19.9 Å². The fraction of sp³-hybridized carbons (Fsp3) is 0.381. The first kappa shape index (κ1) is 19.0. The maximum absolute atomic E-state index is 12.5. The number of hydrogen-bond acceptors (Lipinski definition) is 5. The number of fused-ring (bicyclic) bond motifs is 1. The van der Waals surface area contributed by atoms with Crippen LogP contribution in [0.4, 0.5) is 5.69 Å². The van der Waals surface area contributed by atoms with Crippen LogP contribution in [0, 0.1) is 6.92 Å². The number of aryl methyl sites for hydroxylation is 1. The van der Waals surface area contributed by atoms with Gasteiger partial charge in [-0.3, -0.25) is 9.69 Å². The Hall–Kier alpha value is -2.73. The van der Waals surface area contributed by atoms with E-state index in [4.69, 9.17) is 14.2 Å². The summed E-state index contributed by atoms with van der Waals surface area (Å²) in [5, 5.41) is 2.96. The summed E-state index contributed by atoms with van der Waals surface area (Å²) in [6, 6.07) is 9.77. The summed E-state index contributed by atoms with van der Waals surface area (Å²) in [7, 11) is 4.88. The van der Waals surface area contributed by atoms with Gasteiger partial charge in [-0.1, -0.05) is 6.07 Å². The topological polar surface area (TPSA) is 60.0 Å². The molecule has 1 aliphatic heterocycles. The number of rotatable bonds is 6. The first-order valence-corrected chi connectivity index (χ1v) is 8.94. The molecule has 1 aliphatic rings. The third-order valence-electron chi connectivity index (χ3n) is 4.79. The zero-order valence-corrected chi connectivity index (χ0v) is 16.3. The molecule has 0 saturated carbocycles. The van der Waals surface area contributed by atoms with E-state index in [2.05, 4.69) is 10.2 Å². The van der Waals surface area contributed by atoms with E-state index in [0.717, 1.165) is 24.3 Å². The molecule has 0 aliphatic carbocycles. The lowest BCUT2D eigenvalue weighted by molar-refractivity contribution is -0.117. The van der Waals surface area contributed by atoms with E-state index in [0.29, 0.717) is 30.3 Å². The lowest BCUT2D eigenvalue weighted by atomic mass is 9.99. The summed E-state index contributed by atoms with van der Waals surface area (Å²) in [5.74, 6) is 2.07. The third-order valence-corrected chi connectivity index (χ3v) is 4.79. The number of carbonyl (C=O) groups excluding carboxylic acids is 1. The number of nitrogens with one attached hydrogen (secondary N) is 1. The molecule has 0 aromatic heterocycles. The van der Waals surface area contributed by atoms with Crippen molar-refractivity contribution in [1.82, 2.24) is 4.90 Å². The minimum Gasteiger partial charge on any atom is -0.495 e. The van der Waals surface area contributed by atoms with Crippen molar-refractivity contribution in [3.8, 4) is 17.2 Å². The third kappa shape index (κ3) is 4.34. The number of anilines is 1. The fourth-order valence-electron chi connectivity index (χ4n) is 3.39. The average Bonchev–Trinajstić information content (AvgIpc) is 2.66. The molecule has 1 heterocycles. The van der Waals surface area contributed by atoms with Crippen LogP contribution >= 0.6 is 0 Å². The van der Waals surface area contributed by atoms with Crippen molar-refractivity contribution in [3.63, 3.8) is 0 Å². The number of nitrogens with zero attached hydrogens (tertiary/aromatic N) is 1. The van der Waals surface area contributed by atoms with E-state index in [1.807, 2.05) is 37.3 Å². The Morgan fingerprint density at radius 2 is 1.67 bits per heavy atom. The number of carbonyl (C=O) groups is 1. The minimum absolute atomic E-state index is 0.0529. The van der Waals surface area contributed by atoms with E-state index < -0.39 is 0 Å². The quantitative estimate of drug-likeness (QED) is 0.847. The minimum atomic E-state index is -0.0529. The lowest BCUT2D eigenvalue weighted by Crippen LogP contribution is -2.37. The van der Waals surface area contributed by atoms with Gasteiger partial charge in [-0.05, 0) is 54.3 Å². The standard InChI is InChI=1S/C21H26N2O4/c1-14-5-6-18(25-2)17(9-14)22-21(24)13-23-8-7-15-10-19(26-3)20(27-4)11-16(15)12-23/h5-6,9-11H,7-8,12-13H2,1-4H3,(H,22,24). The van der Waals surface area contributed by atoms with Gasteiger partial charge < -0.3 is 19.5 Å². The van der Waals surface area contributed by atoms with Crippen LogP contribution < -0.4 is 19.5 Å². The van der Waals surface area contributed by atoms with Gasteiger partial charge in [0.1, 0.15) is 5.75 Å². The van der Waals surface area contributed by atoms with Crippen molar-refractivity contribution in [3.05, 3.63) is 47.0 Å². The van der Waals surface area contributed by atoms with Crippen LogP contribution in [0.3, 0.4) is 0 Å². The van der Waals surface area contributed by atoms with E-state index in [1.54, 1.807) is 21.3 Å². The van der Waals surface area contributed by atoms with Crippen LogP contribution in [0.15, 0.2) is 30.3 Å². The van der Waals surface area contributed by atoms with Crippen LogP contribution in [-0.4, -0.2) is 45.2 Å². The zero-order valence-electron chi connectivity index (χ0n) is 16.3. The van der Waals surface area contributed by atoms with E-state index in [1.165, 1.54) is 11.1 Å². The number of methoxy groups -OCH3 is 3. The van der Waals surface area contributed by atoms with E-state index in [-0.39, 0.29) is 5.91 Å². The Bertz CT molecular complexity index is 835. The predicted molar refractivity (Wildman–Crippen MR) is 105 cm³/mol. The fourth-order valence-corrected chi connectivity index (χ4v) is 3.39. The summed E-state index contributed by atoms with van der Waals surface area (Å²) in [6.45, 7) is 3.83. The maximum atomic E-state index is 12.5. The van der Waals surface area contributed by atoms with Gasteiger partial charge >= 0.3 is 0 Å². The van der Waals surface area contributed by atoms with Gasteiger partial charge in [-0.25, -0.2) is 0 Å². The monoisotopic (exact) mass is 370 g/mol. The molecule has 2 aromatic rings. The molecule has 0 bridgehead atoms. The molecular weight excluding hydrogens is 344 g/mol. The Kier molecular flexibility index (Phi) is 5.86. The number of amides is 1. The Morgan fingerprint density at radius 1 is 1.00 bits per heavy atom. The highest BCUT2D eigenvalue weighted by Gasteiger charge is 2.21. The first-order valence-electron chi connectivity index (χ1n) is 8.94. The summed E-state index contributed by atoms with van der Waals surface area (Å²) >= 11 is 0. The zero-order chi connectivity index (χ0) is 19.4. The van der Waals surface area contributed by atoms with E-state index >= 15 is 0 Å². The number of benzene rings is 2. The molecule has 27 heavy (non-hydrogen) atoms. The largest absolute Gasteiger partial charge is 0.495 e. The Balaban J connectivity index is 1.68. The Labute approximate surface area is 160 Å². The molecule has 144 valence electrons. The second kappa shape index (κ2) is 8.31. The molecular formula is C21H26N2O4. The molecule has 0 atom stereocenters. The van der Waals surface area contributed by atoms with Crippen molar-refractivity contribution in [1.29, 1.82) is 0 Å². The smallest absolute Gasteiger partial charge is 0.238 e. The van der Waals surface area contributed by atoms with Crippen LogP contribution in [0.1, 0.15) is 16.7 Å². The van der Waals surface area contributed by atoms with Gasteiger partial charge in [0.25, 0.3) is 0 Å². The summed E-state index contributed by atoms with van der Waals surface area (Å²) in [6.07, 6.45) is 0.872. The molecule has 2 aromatic carbocycles. The van der Waals surface area contributed by atoms with Crippen LogP contribution in [-0.2, 0) is 17.8 Å². The second-order valence-electron chi connectivity index (χ2n) is 6.69. The summed E-state index contributed by atoms with van der Waals surface area (Å²) in [5.41, 5.74) is 4.18. The molecule has 0 radical (unpaired) electrons. The van der Waals surface area contributed by atoms with Crippen molar-refractivity contribution in [2.75, 3.05) is 39.7 Å². The summed E-state index contributed by atoms with van der Waals surface area (Å²) < 4.78 is 16.1. The lowest BCUT2D eigenvalue weighted by Gasteiger charge is -2.29.